The predicted octanol–water partition coefficient (Wildman–Crippen LogP) is 4.60. The molecule has 0 bridgehead atoms. The largest absolute Gasteiger partial charge is 0.493 e. The van der Waals surface area contributed by atoms with Crippen LogP contribution in [0.2, 0.25) is 5.02 Å². The third-order valence-electron chi connectivity index (χ3n) is 5.22. The molecule has 2 aromatic rings. The Morgan fingerprint density at radius 3 is 2.56 bits per heavy atom. The highest BCUT2D eigenvalue weighted by molar-refractivity contribution is 8.03. The SMILES string of the molecule is CCOc1ccc([C@H]2C(C#N)=C(SCCOc3ccc(C)cc3)NC(=O)[C@@H]2C(=O)OC)cc1Cl. The van der Waals surface area contributed by atoms with Crippen molar-refractivity contribution in [1.29, 1.82) is 5.26 Å². The highest BCUT2D eigenvalue weighted by Crippen LogP contribution is 2.42. The van der Waals surface area contributed by atoms with E-state index in [2.05, 4.69) is 11.4 Å². The van der Waals surface area contributed by atoms with Crippen LogP contribution < -0.4 is 14.8 Å². The minimum absolute atomic E-state index is 0.260. The molecule has 178 valence electrons. The molecule has 3 rings (SSSR count). The molecule has 2 atom stereocenters. The number of allylic oxidation sites excluding steroid dienone is 1. The summed E-state index contributed by atoms with van der Waals surface area (Å²) in [7, 11) is 1.21. The molecule has 0 saturated heterocycles. The lowest BCUT2D eigenvalue weighted by Gasteiger charge is -2.31. The summed E-state index contributed by atoms with van der Waals surface area (Å²) in [5.41, 5.74) is 1.94. The van der Waals surface area contributed by atoms with Crippen LogP contribution in [0.15, 0.2) is 53.1 Å². The van der Waals surface area contributed by atoms with E-state index in [9.17, 15) is 14.9 Å². The summed E-state index contributed by atoms with van der Waals surface area (Å²) in [6, 6.07) is 14.8. The zero-order chi connectivity index (χ0) is 24.7. The Morgan fingerprint density at radius 2 is 1.94 bits per heavy atom. The summed E-state index contributed by atoms with van der Waals surface area (Å²) >= 11 is 7.64. The fraction of sp³-hybridized carbons (Fsp3) is 0.320. The molecule has 0 saturated carbocycles. The van der Waals surface area contributed by atoms with Gasteiger partial charge in [0.05, 0.1) is 42.0 Å². The first-order valence-electron chi connectivity index (χ1n) is 10.7. The van der Waals surface area contributed by atoms with Crippen molar-refractivity contribution >= 4 is 35.2 Å². The summed E-state index contributed by atoms with van der Waals surface area (Å²) in [5, 5.41) is 13.4. The van der Waals surface area contributed by atoms with Gasteiger partial charge in [-0.2, -0.15) is 5.26 Å². The van der Waals surface area contributed by atoms with E-state index < -0.39 is 23.7 Å². The minimum atomic E-state index is -1.22. The van der Waals surface area contributed by atoms with Crippen LogP contribution >= 0.6 is 23.4 Å². The molecule has 0 fully saturated rings. The van der Waals surface area contributed by atoms with Crippen molar-refractivity contribution in [2.75, 3.05) is 26.1 Å². The zero-order valence-electron chi connectivity index (χ0n) is 19.1. The number of carbonyl (C=O) groups excluding carboxylic acids is 2. The van der Waals surface area contributed by atoms with Crippen LogP contribution in [0.25, 0.3) is 0 Å². The normalized spacial score (nSPS) is 17.6. The van der Waals surface area contributed by atoms with Crippen LogP contribution in [-0.2, 0) is 14.3 Å². The van der Waals surface area contributed by atoms with Crippen molar-refractivity contribution in [1.82, 2.24) is 5.32 Å². The molecular formula is C25H25ClN2O5S. The molecule has 2 aromatic carbocycles. The Bertz CT molecular complexity index is 1130. The monoisotopic (exact) mass is 500 g/mol. The summed E-state index contributed by atoms with van der Waals surface area (Å²) in [5.74, 6) is -1.64. The maximum absolute atomic E-state index is 12.9. The van der Waals surface area contributed by atoms with Gasteiger partial charge in [0, 0.05) is 11.7 Å². The van der Waals surface area contributed by atoms with Crippen molar-refractivity contribution < 1.29 is 23.8 Å². The third-order valence-corrected chi connectivity index (χ3v) is 6.49. The second-order valence-corrected chi connectivity index (χ2v) is 8.97. The van der Waals surface area contributed by atoms with Gasteiger partial charge in [0.25, 0.3) is 0 Å². The topological polar surface area (TPSA) is 97.6 Å². The molecule has 1 N–H and O–H groups in total. The number of halogens is 1. The van der Waals surface area contributed by atoms with E-state index in [-0.39, 0.29) is 5.57 Å². The number of nitrogens with zero attached hydrogens (tertiary/aromatic N) is 1. The molecule has 7 nitrogen and oxygen atoms in total. The van der Waals surface area contributed by atoms with E-state index in [4.69, 9.17) is 25.8 Å². The van der Waals surface area contributed by atoms with Gasteiger partial charge in [-0.05, 0) is 43.7 Å². The average Bonchev–Trinajstić information content (AvgIpc) is 2.83. The predicted molar refractivity (Wildman–Crippen MR) is 131 cm³/mol. The number of hydrogen-bond acceptors (Lipinski definition) is 7. The molecule has 0 spiro atoms. The number of esters is 1. The smallest absolute Gasteiger partial charge is 0.319 e. The average molecular weight is 501 g/mol. The third kappa shape index (κ3) is 5.85. The van der Waals surface area contributed by atoms with Gasteiger partial charge in [-0.1, -0.05) is 35.4 Å². The van der Waals surface area contributed by atoms with Gasteiger partial charge in [-0.3, -0.25) is 9.59 Å². The van der Waals surface area contributed by atoms with Crippen LogP contribution in [0.5, 0.6) is 11.5 Å². The van der Waals surface area contributed by atoms with E-state index in [0.29, 0.717) is 40.3 Å². The van der Waals surface area contributed by atoms with Crippen LogP contribution in [-0.4, -0.2) is 38.0 Å². The van der Waals surface area contributed by atoms with Crippen molar-refractivity contribution in [2.24, 2.45) is 5.92 Å². The van der Waals surface area contributed by atoms with Crippen molar-refractivity contribution in [3.8, 4) is 17.6 Å². The van der Waals surface area contributed by atoms with Crippen LogP contribution in [0.1, 0.15) is 24.0 Å². The number of nitriles is 1. The Kier molecular flexibility index (Phi) is 8.85. The van der Waals surface area contributed by atoms with Crippen molar-refractivity contribution in [2.45, 2.75) is 19.8 Å². The Labute approximate surface area is 208 Å². The van der Waals surface area contributed by atoms with Crippen LogP contribution in [0.4, 0.5) is 0 Å². The number of benzene rings is 2. The number of ether oxygens (including phenoxy) is 3. The van der Waals surface area contributed by atoms with Gasteiger partial charge in [0.15, 0.2) is 0 Å². The molecular weight excluding hydrogens is 476 g/mol. The summed E-state index contributed by atoms with van der Waals surface area (Å²) < 4.78 is 16.1. The highest BCUT2D eigenvalue weighted by Gasteiger charge is 2.44. The maximum Gasteiger partial charge on any atom is 0.319 e. The summed E-state index contributed by atoms with van der Waals surface area (Å²) in [6.45, 7) is 4.64. The van der Waals surface area contributed by atoms with Crippen molar-refractivity contribution in [3.63, 3.8) is 0 Å². The fourth-order valence-corrected chi connectivity index (χ4v) is 4.72. The fourth-order valence-electron chi connectivity index (χ4n) is 3.60. The first-order valence-corrected chi connectivity index (χ1v) is 12.0. The number of nitrogens with one attached hydrogen (secondary N) is 1. The van der Waals surface area contributed by atoms with Crippen LogP contribution in [0.3, 0.4) is 0 Å². The number of amides is 1. The number of aryl methyl sites for hydroxylation is 1. The molecule has 0 aliphatic carbocycles. The number of methoxy groups -OCH3 is 1. The number of carbonyl (C=O) groups is 2. The minimum Gasteiger partial charge on any atom is -0.493 e. The second-order valence-electron chi connectivity index (χ2n) is 7.46. The van der Waals surface area contributed by atoms with Crippen molar-refractivity contribution in [3.05, 3.63) is 69.2 Å². The van der Waals surface area contributed by atoms with Gasteiger partial charge in [0.2, 0.25) is 5.91 Å². The van der Waals surface area contributed by atoms with Crippen LogP contribution in [0, 0.1) is 24.2 Å². The van der Waals surface area contributed by atoms with E-state index in [0.717, 1.165) is 11.3 Å². The summed E-state index contributed by atoms with van der Waals surface area (Å²) in [6.07, 6.45) is 0. The van der Waals surface area contributed by atoms with Gasteiger partial charge in [-0.15, -0.1) is 11.8 Å². The van der Waals surface area contributed by atoms with Gasteiger partial charge in [-0.25, -0.2) is 0 Å². The Balaban J connectivity index is 1.87. The quantitative estimate of drug-likeness (QED) is 0.305. The molecule has 1 amide bonds. The summed E-state index contributed by atoms with van der Waals surface area (Å²) in [4.78, 5) is 25.5. The lowest BCUT2D eigenvalue weighted by molar-refractivity contribution is -0.150. The maximum atomic E-state index is 12.9. The molecule has 1 aliphatic heterocycles. The molecule has 9 heteroatoms. The molecule has 34 heavy (non-hydrogen) atoms. The van der Waals surface area contributed by atoms with Gasteiger partial charge < -0.3 is 19.5 Å². The Morgan fingerprint density at radius 1 is 1.21 bits per heavy atom. The van der Waals surface area contributed by atoms with E-state index in [1.54, 1.807) is 18.2 Å². The van der Waals surface area contributed by atoms with E-state index >= 15 is 0 Å². The zero-order valence-corrected chi connectivity index (χ0v) is 20.7. The van der Waals surface area contributed by atoms with E-state index in [1.165, 1.54) is 18.9 Å². The van der Waals surface area contributed by atoms with Gasteiger partial charge in [0.1, 0.15) is 17.4 Å². The standard InChI is InChI=1S/C25H25ClN2O5S/c1-4-32-20-10-7-16(13-19(20)26)21-18(14-27)24(28-23(29)22(21)25(30)31-3)34-12-11-33-17-8-5-15(2)6-9-17/h5-10,13,21-22H,4,11-12H2,1-3H3,(H,28,29)/t21-,22+/m0/s1. The first kappa shape index (κ1) is 25.5. The second kappa shape index (κ2) is 11.8. The Hall–Kier alpha value is -3.15. The molecule has 0 aromatic heterocycles. The molecule has 1 aliphatic rings. The highest BCUT2D eigenvalue weighted by atomic mass is 35.5. The van der Waals surface area contributed by atoms with Gasteiger partial charge >= 0.3 is 5.97 Å². The van der Waals surface area contributed by atoms with E-state index in [1.807, 2.05) is 38.1 Å². The number of hydrogen-bond donors (Lipinski definition) is 1. The number of rotatable bonds is 9. The number of thioether (sulfide) groups is 1. The first-order chi connectivity index (χ1) is 16.4. The molecule has 1 heterocycles. The molecule has 0 radical (unpaired) electrons. The lowest BCUT2D eigenvalue weighted by Crippen LogP contribution is -2.44. The molecule has 0 unspecified atom stereocenters. The lowest BCUT2D eigenvalue weighted by atomic mass is 9.78.